The third kappa shape index (κ3) is 3.85. The highest BCUT2D eigenvalue weighted by Crippen LogP contribution is 2.20. The molecule has 144 valence electrons. The van der Waals surface area contributed by atoms with Gasteiger partial charge in [0.25, 0.3) is 5.91 Å². The van der Waals surface area contributed by atoms with Crippen molar-refractivity contribution < 1.29 is 4.79 Å². The Labute approximate surface area is 162 Å². The molecular weight excluding hydrogens is 356 g/mol. The highest BCUT2D eigenvalue weighted by Gasteiger charge is 2.26. The van der Waals surface area contributed by atoms with Crippen LogP contribution in [-0.2, 0) is 6.54 Å². The zero-order chi connectivity index (χ0) is 19.5. The Morgan fingerprint density at radius 2 is 2.21 bits per heavy atom. The summed E-state index contributed by atoms with van der Waals surface area (Å²) in [5, 5.41) is 8.40. The molecule has 0 unspecified atom stereocenters. The van der Waals surface area contributed by atoms with Gasteiger partial charge in [-0.3, -0.25) is 19.3 Å². The van der Waals surface area contributed by atoms with E-state index in [2.05, 4.69) is 20.3 Å². The summed E-state index contributed by atoms with van der Waals surface area (Å²) in [6, 6.07) is 7.14. The lowest BCUT2D eigenvalue weighted by molar-refractivity contribution is 0.0657. The molecule has 1 amide bonds. The Morgan fingerprint density at radius 1 is 1.32 bits per heavy atom. The Morgan fingerprint density at radius 3 is 3.00 bits per heavy atom. The highest BCUT2D eigenvalue weighted by molar-refractivity contribution is 5.93. The van der Waals surface area contributed by atoms with E-state index < -0.39 is 0 Å². The molecule has 0 spiro atoms. The normalized spacial score (nSPS) is 16.9. The van der Waals surface area contributed by atoms with E-state index in [4.69, 9.17) is 0 Å². The molecule has 1 aliphatic rings. The third-order valence-electron chi connectivity index (χ3n) is 5.01. The van der Waals surface area contributed by atoms with Crippen LogP contribution < -0.4 is 5.43 Å². The topological polar surface area (TPSA) is 96.8 Å². The van der Waals surface area contributed by atoms with Crippen LogP contribution in [0, 0.1) is 12.8 Å². The number of amides is 1. The first-order valence-corrected chi connectivity index (χ1v) is 9.40. The SMILES string of the molecule is Cc1cc(=O)c(C(=O)N2CCC[C@H](Cn3cc(-c4ccccn4)nn3)C2)c[nH]1. The number of aryl methyl sites for hydroxylation is 1. The van der Waals surface area contributed by atoms with Gasteiger partial charge in [0.15, 0.2) is 5.43 Å². The number of carbonyl (C=O) groups is 1. The smallest absolute Gasteiger partial charge is 0.259 e. The van der Waals surface area contributed by atoms with Crippen molar-refractivity contribution in [3.05, 3.63) is 64.3 Å². The number of carbonyl (C=O) groups excluding carboxylic acids is 1. The van der Waals surface area contributed by atoms with Crippen molar-refractivity contribution in [3.63, 3.8) is 0 Å². The van der Waals surface area contributed by atoms with Gasteiger partial charge in [0.2, 0.25) is 0 Å². The Hall–Kier alpha value is -3.29. The zero-order valence-corrected chi connectivity index (χ0v) is 15.7. The first-order valence-electron chi connectivity index (χ1n) is 9.40. The largest absolute Gasteiger partial charge is 0.364 e. The molecule has 4 heterocycles. The number of nitrogens with one attached hydrogen (secondary N) is 1. The van der Waals surface area contributed by atoms with E-state index in [-0.39, 0.29) is 22.8 Å². The van der Waals surface area contributed by atoms with Crippen LogP contribution in [0.5, 0.6) is 0 Å². The fourth-order valence-electron chi connectivity index (χ4n) is 3.59. The molecule has 3 aromatic rings. The number of aromatic amines is 1. The van der Waals surface area contributed by atoms with E-state index >= 15 is 0 Å². The number of rotatable bonds is 4. The Balaban J connectivity index is 1.44. The summed E-state index contributed by atoms with van der Waals surface area (Å²) in [5.74, 6) is 0.0548. The fourth-order valence-corrected chi connectivity index (χ4v) is 3.59. The van der Waals surface area contributed by atoms with E-state index in [1.807, 2.05) is 24.4 Å². The van der Waals surface area contributed by atoms with Crippen molar-refractivity contribution in [2.24, 2.45) is 5.92 Å². The third-order valence-corrected chi connectivity index (χ3v) is 5.01. The zero-order valence-electron chi connectivity index (χ0n) is 15.7. The number of H-pyrrole nitrogens is 1. The van der Waals surface area contributed by atoms with Crippen molar-refractivity contribution >= 4 is 5.91 Å². The van der Waals surface area contributed by atoms with Crippen LogP contribution in [0.3, 0.4) is 0 Å². The van der Waals surface area contributed by atoms with E-state index in [9.17, 15) is 9.59 Å². The van der Waals surface area contributed by atoms with Gasteiger partial charge < -0.3 is 9.88 Å². The van der Waals surface area contributed by atoms with Gasteiger partial charge in [-0.15, -0.1) is 5.10 Å². The molecule has 0 aliphatic carbocycles. The van der Waals surface area contributed by atoms with Crippen LogP contribution in [0.25, 0.3) is 11.4 Å². The second-order valence-corrected chi connectivity index (χ2v) is 7.19. The molecule has 0 aromatic carbocycles. The van der Waals surface area contributed by atoms with Gasteiger partial charge in [-0.1, -0.05) is 11.3 Å². The molecule has 0 saturated carbocycles. The monoisotopic (exact) mass is 378 g/mol. The van der Waals surface area contributed by atoms with Gasteiger partial charge in [-0.2, -0.15) is 0 Å². The number of pyridine rings is 2. The standard InChI is InChI=1S/C20H22N6O2/c1-14-9-19(27)16(10-22-14)20(28)25-8-4-5-15(11-25)12-26-13-18(23-24-26)17-6-2-3-7-21-17/h2-3,6-7,9-10,13,15H,4-5,8,11-12H2,1H3,(H,22,27)/t15-/m0/s1. The molecule has 1 atom stereocenters. The van der Waals surface area contributed by atoms with Crippen LogP contribution in [0.2, 0.25) is 0 Å². The van der Waals surface area contributed by atoms with Crippen molar-refractivity contribution in [2.75, 3.05) is 13.1 Å². The number of likely N-dealkylation sites (tertiary alicyclic amines) is 1. The molecule has 1 fully saturated rings. The quantitative estimate of drug-likeness (QED) is 0.748. The van der Waals surface area contributed by atoms with Gasteiger partial charge in [-0.25, -0.2) is 0 Å². The van der Waals surface area contributed by atoms with Crippen molar-refractivity contribution in [3.8, 4) is 11.4 Å². The van der Waals surface area contributed by atoms with Crippen LogP contribution in [0.1, 0.15) is 28.9 Å². The summed E-state index contributed by atoms with van der Waals surface area (Å²) < 4.78 is 1.81. The molecule has 1 aliphatic heterocycles. The number of piperidine rings is 1. The first kappa shape index (κ1) is 18.1. The number of hydrogen-bond acceptors (Lipinski definition) is 5. The van der Waals surface area contributed by atoms with Crippen molar-refractivity contribution in [1.82, 2.24) is 29.9 Å². The average molecular weight is 378 g/mol. The van der Waals surface area contributed by atoms with Crippen LogP contribution >= 0.6 is 0 Å². The molecule has 1 saturated heterocycles. The summed E-state index contributed by atoms with van der Waals surface area (Å²) in [4.78, 5) is 33.9. The molecule has 0 radical (unpaired) electrons. The molecule has 0 bridgehead atoms. The molecule has 8 heteroatoms. The van der Waals surface area contributed by atoms with Gasteiger partial charge in [-0.05, 0) is 37.8 Å². The lowest BCUT2D eigenvalue weighted by Gasteiger charge is -2.32. The second-order valence-electron chi connectivity index (χ2n) is 7.19. The molecule has 4 rings (SSSR count). The minimum atomic E-state index is -0.236. The predicted molar refractivity (Wildman–Crippen MR) is 104 cm³/mol. The fraction of sp³-hybridized carbons (Fsp3) is 0.350. The molecule has 8 nitrogen and oxygen atoms in total. The van der Waals surface area contributed by atoms with Gasteiger partial charge in [0.1, 0.15) is 11.3 Å². The van der Waals surface area contributed by atoms with Crippen LogP contribution in [-0.4, -0.2) is 48.9 Å². The van der Waals surface area contributed by atoms with Gasteiger partial charge in [0, 0.05) is 43.8 Å². The number of nitrogens with zero attached hydrogens (tertiary/aromatic N) is 5. The van der Waals surface area contributed by atoms with Crippen molar-refractivity contribution in [2.45, 2.75) is 26.3 Å². The first-order chi connectivity index (χ1) is 13.6. The maximum atomic E-state index is 12.8. The molecule has 1 N–H and O–H groups in total. The average Bonchev–Trinajstić information content (AvgIpc) is 3.17. The van der Waals surface area contributed by atoms with E-state index in [1.54, 1.807) is 22.7 Å². The second kappa shape index (κ2) is 7.75. The Kier molecular flexibility index (Phi) is 5.01. The van der Waals surface area contributed by atoms with E-state index in [1.165, 1.54) is 12.3 Å². The Bertz CT molecular complexity index is 1030. The van der Waals surface area contributed by atoms with Gasteiger partial charge >= 0.3 is 0 Å². The number of hydrogen-bond donors (Lipinski definition) is 1. The van der Waals surface area contributed by atoms with E-state index in [0.29, 0.717) is 19.6 Å². The summed E-state index contributed by atoms with van der Waals surface area (Å²) >= 11 is 0. The predicted octanol–water partition coefficient (Wildman–Crippen LogP) is 1.89. The van der Waals surface area contributed by atoms with E-state index in [0.717, 1.165) is 29.9 Å². The summed E-state index contributed by atoms with van der Waals surface area (Å²) in [6.45, 7) is 3.74. The maximum Gasteiger partial charge on any atom is 0.259 e. The molecule has 28 heavy (non-hydrogen) atoms. The molecule has 3 aromatic heterocycles. The summed E-state index contributed by atoms with van der Waals surface area (Å²) in [6.07, 6.45) is 7.04. The lowest BCUT2D eigenvalue weighted by atomic mass is 9.97. The minimum absolute atomic E-state index is 0.199. The van der Waals surface area contributed by atoms with Gasteiger partial charge in [0.05, 0.1) is 11.9 Å². The number of aromatic nitrogens is 5. The summed E-state index contributed by atoms with van der Waals surface area (Å²) in [7, 11) is 0. The minimum Gasteiger partial charge on any atom is -0.364 e. The maximum absolute atomic E-state index is 12.8. The van der Waals surface area contributed by atoms with Crippen molar-refractivity contribution in [1.29, 1.82) is 0 Å². The van der Waals surface area contributed by atoms with Crippen LogP contribution in [0.15, 0.2) is 47.7 Å². The highest BCUT2D eigenvalue weighted by atomic mass is 16.2. The van der Waals surface area contributed by atoms with Crippen LogP contribution in [0.4, 0.5) is 0 Å². The lowest BCUT2D eigenvalue weighted by Crippen LogP contribution is -2.42. The molecular formula is C20H22N6O2. The summed E-state index contributed by atoms with van der Waals surface area (Å²) in [5.41, 5.74) is 2.22.